The van der Waals surface area contributed by atoms with Gasteiger partial charge in [-0.25, -0.2) is 0 Å². The molecular formula is C20H17ClOSe. The van der Waals surface area contributed by atoms with Crippen molar-refractivity contribution in [2.24, 2.45) is 0 Å². The third-order valence-electron chi connectivity index (χ3n) is 4.54. The minimum atomic E-state index is 0.366. The molecule has 23 heavy (non-hydrogen) atoms. The number of ether oxygens (including phenoxy) is 1. The number of fused-ring (bicyclic) bond motifs is 1. The summed E-state index contributed by atoms with van der Waals surface area (Å²) in [5, 5.41) is 0.791. The molecule has 2 aromatic carbocycles. The van der Waals surface area contributed by atoms with Gasteiger partial charge >= 0.3 is 148 Å². The number of hydrogen-bond donors (Lipinski definition) is 0. The average molecular weight is 388 g/mol. The number of rotatable bonds is 3. The van der Waals surface area contributed by atoms with Crippen LogP contribution in [-0.2, 0) is 4.74 Å². The summed E-state index contributed by atoms with van der Waals surface area (Å²) in [6, 6.07) is 19.0. The first-order valence-electron chi connectivity index (χ1n) is 7.68. The van der Waals surface area contributed by atoms with E-state index in [1.54, 1.807) is 0 Å². The molecular weight excluding hydrogens is 371 g/mol. The molecule has 0 N–H and O–H groups in total. The fourth-order valence-corrected chi connectivity index (χ4v) is 5.00. The molecule has 2 aliphatic rings. The molecule has 0 fully saturated rings. The van der Waals surface area contributed by atoms with Crippen molar-refractivity contribution in [1.29, 1.82) is 0 Å². The second kappa shape index (κ2) is 6.30. The van der Waals surface area contributed by atoms with Crippen LogP contribution in [0.4, 0.5) is 0 Å². The van der Waals surface area contributed by atoms with Gasteiger partial charge < -0.3 is 0 Å². The molecule has 3 heteroatoms. The fraction of sp³-hybridized carbons (Fsp3) is 0.200. The first kappa shape index (κ1) is 15.2. The summed E-state index contributed by atoms with van der Waals surface area (Å²) in [4.78, 5) is 0. The van der Waals surface area contributed by atoms with Crippen LogP contribution >= 0.6 is 11.6 Å². The first-order chi connectivity index (χ1) is 11.3. The Hall–Kier alpha value is -1.31. The van der Waals surface area contributed by atoms with E-state index in [0.717, 1.165) is 18.2 Å². The molecule has 0 saturated carbocycles. The van der Waals surface area contributed by atoms with Crippen LogP contribution in [0.15, 0.2) is 70.2 Å². The molecule has 1 atom stereocenters. The average Bonchev–Trinajstić information content (AvgIpc) is 2.58. The molecule has 0 bridgehead atoms. The quantitative estimate of drug-likeness (QED) is 0.679. The van der Waals surface area contributed by atoms with Gasteiger partial charge in [-0.1, -0.05) is 0 Å². The van der Waals surface area contributed by atoms with E-state index in [4.69, 9.17) is 16.3 Å². The van der Waals surface area contributed by atoms with E-state index < -0.39 is 0 Å². The van der Waals surface area contributed by atoms with Crippen LogP contribution in [0.2, 0.25) is 10.8 Å². The maximum absolute atomic E-state index is 6.08. The summed E-state index contributed by atoms with van der Waals surface area (Å²) < 4.78 is 7.34. The van der Waals surface area contributed by atoms with Gasteiger partial charge in [0, 0.05) is 0 Å². The Labute approximate surface area is 148 Å². The van der Waals surface area contributed by atoms with E-state index in [1.165, 1.54) is 32.3 Å². The van der Waals surface area contributed by atoms with Crippen molar-refractivity contribution in [3.8, 4) is 0 Å². The zero-order chi connectivity index (χ0) is 15.8. The molecule has 1 aliphatic carbocycles. The molecule has 0 amide bonds. The summed E-state index contributed by atoms with van der Waals surface area (Å²) in [7, 11) is 0. The standard InChI is InChI=1S/C20H17ClOSe/c1-23-17-12-22-11-16-18(13-5-3-2-4-6-13)19(20(16)17)14-7-9-15(21)10-8-14/h2-10,19H,11-12H2,1H3. The van der Waals surface area contributed by atoms with Crippen molar-refractivity contribution in [3.63, 3.8) is 0 Å². The van der Waals surface area contributed by atoms with Gasteiger partial charge in [0.05, 0.1) is 0 Å². The van der Waals surface area contributed by atoms with Crippen LogP contribution in [0, 0.1) is 0 Å². The van der Waals surface area contributed by atoms with E-state index >= 15 is 0 Å². The van der Waals surface area contributed by atoms with Gasteiger partial charge in [-0.2, -0.15) is 0 Å². The molecule has 1 heterocycles. The molecule has 2 aromatic rings. The van der Waals surface area contributed by atoms with E-state index in [1.807, 2.05) is 12.1 Å². The van der Waals surface area contributed by atoms with Crippen LogP contribution in [0.1, 0.15) is 17.0 Å². The summed E-state index contributed by atoms with van der Waals surface area (Å²) >= 11 is 6.56. The number of hydrogen-bond acceptors (Lipinski definition) is 1. The van der Waals surface area contributed by atoms with Crippen molar-refractivity contribution < 1.29 is 4.74 Å². The second-order valence-electron chi connectivity index (χ2n) is 5.78. The Bertz CT molecular complexity index is 790. The third kappa shape index (κ3) is 2.60. The van der Waals surface area contributed by atoms with Crippen molar-refractivity contribution in [3.05, 3.63) is 86.4 Å². The maximum atomic E-state index is 6.08. The fourth-order valence-electron chi connectivity index (χ4n) is 3.48. The van der Waals surface area contributed by atoms with Crippen molar-refractivity contribution in [2.75, 3.05) is 13.2 Å². The van der Waals surface area contributed by atoms with E-state index in [9.17, 15) is 0 Å². The first-order valence-corrected chi connectivity index (χ1v) is 10.6. The van der Waals surface area contributed by atoms with Gasteiger partial charge in [-0.15, -0.1) is 0 Å². The zero-order valence-electron chi connectivity index (χ0n) is 12.9. The van der Waals surface area contributed by atoms with E-state index in [-0.39, 0.29) is 0 Å². The molecule has 1 nitrogen and oxygen atoms in total. The molecule has 0 aromatic heterocycles. The van der Waals surface area contributed by atoms with E-state index in [2.05, 4.69) is 48.3 Å². The molecule has 116 valence electrons. The monoisotopic (exact) mass is 388 g/mol. The Morgan fingerprint density at radius 1 is 0.957 bits per heavy atom. The SMILES string of the molecule is C[Se]C1=C2C(=C(c3ccccc3)C2c2ccc(Cl)cc2)COC1. The molecule has 0 saturated heterocycles. The van der Waals surface area contributed by atoms with Crippen molar-refractivity contribution in [2.45, 2.75) is 11.7 Å². The predicted molar refractivity (Wildman–Crippen MR) is 97.0 cm³/mol. The van der Waals surface area contributed by atoms with Crippen LogP contribution in [0.25, 0.3) is 5.57 Å². The van der Waals surface area contributed by atoms with Gasteiger partial charge in [-0.3, -0.25) is 0 Å². The van der Waals surface area contributed by atoms with Crippen LogP contribution in [0.3, 0.4) is 0 Å². The van der Waals surface area contributed by atoms with Crippen LogP contribution in [-0.4, -0.2) is 28.2 Å². The summed E-state index contributed by atoms with van der Waals surface area (Å²) in [6.07, 6.45) is 0. The van der Waals surface area contributed by atoms with Crippen molar-refractivity contribution in [1.82, 2.24) is 0 Å². The van der Waals surface area contributed by atoms with Gasteiger partial charge in [-0.05, 0) is 0 Å². The predicted octanol–water partition coefficient (Wildman–Crippen LogP) is 4.93. The Kier molecular flexibility index (Phi) is 4.17. The number of benzene rings is 2. The number of halogens is 1. The van der Waals surface area contributed by atoms with Gasteiger partial charge in [0.1, 0.15) is 0 Å². The molecule has 0 spiro atoms. The summed E-state index contributed by atoms with van der Waals surface area (Å²) in [5.74, 6) is 2.64. The molecule has 1 unspecified atom stereocenters. The van der Waals surface area contributed by atoms with Crippen LogP contribution in [0.5, 0.6) is 0 Å². The summed E-state index contributed by atoms with van der Waals surface area (Å²) in [6.45, 7) is 1.53. The Morgan fingerprint density at radius 3 is 2.39 bits per heavy atom. The summed E-state index contributed by atoms with van der Waals surface area (Å²) in [5.41, 5.74) is 6.99. The normalized spacial score (nSPS) is 20.3. The topological polar surface area (TPSA) is 9.23 Å². The van der Waals surface area contributed by atoms with Crippen LogP contribution < -0.4 is 0 Å². The van der Waals surface area contributed by atoms with E-state index in [0.29, 0.717) is 20.9 Å². The van der Waals surface area contributed by atoms with Gasteiger partial charge in [0.25, 0.3) is 0 Å². The third-order valence-corrected chi connectivity index (χ3v) is 6.54. The minimum absolute atomic E-state index is 0.366. The Morgan fingerprint density at radius 2 is 1.70 bits per heavy atom. The number of allylic oxidation sites excluding steroid dienone is 1. The molecule has 0 radical (unpaired) electrons. The van der Waals surface area contributed by atoms with Gasteiger partial charge in [0.2, 0.25) is 0 Å². The zero-order valence-corrected chi connectivity index (χ0v) is 15.4. The Balaban J connectivity index is 1.88. The second-order valence-corrected chi connectivity index (χ2v) is 8.10. The molecule has 4 rings (SSSR count). The van der Waals surface area contributed by atoms with Crippen molar-refractivity contribution >= 4 is 32.1 Å². The molecule has 1 aliphatic heterocycles. The van der Waals surface area contributed by atoms with Gasteiger partial charge in [0.15, 0.2) is 0 Å².